The lowest BCUT2D eigenvalue weighted by Gasteiger charge is -2.34. The quantitative estimate of drug-likeness (QED) is 0.437. The molecule has 0 amide bonds. The van der Waals surface area contributed by atoms with E-state index in [4.69, 9.17) is 14.5 Å². The molecule has 0 radical (unpaired) electrons. The summed E-state index contributed by atoms with van der Waals surface area (Å²) in [7, 11) is 0. The van der Waals surface area contributed by atoms with Gasteiger partial charge in [-0.1, -0.05) is 6.92 Å². The van der Waals surface area contributed by atoms with Crippen LogP contribution >= 0.6 is 11.8 Å². The van der Waals surface area contributed by atoms with Crippen LogP contribution in [0, 0.1) is 0 Å². The number of aliphatic imine (C=N–C) groups is 1. The molecule has 0 aromatic carbocycles. The molecule has 2 heterocycles. The Morgan fingerprint density at radius 2 is 2.17 bits per heavy atom. The van der Waals surface area contributed by atoms with E-state index in [9.17, 15) is 0 Å². The Bertz CT molecular complexity index is 349. The summed E-state index contributed by atoms with van der Waals surface area (Å²) in [6, 6.07) is 0. The smallest absolute Gasteiger partial charge is 0.193 e. The molecular weight excluding hydrogens is 310 g/mol. The fourth-order valence-electron chi connectivity index (χ4n) is 2.93. The Labute approximate surface area is 145 Å². The third kappa shape index (κ3) is 6.89. The minimum Gasteiger partial charge on any atom is -0.381 e. The van der Waals surface area contributed by atoms with Gasteiger partial charge < -0.3 is 19.7 Å². The molecule has 2 saturated heterocycles. The summed E-state index contributed by atoms with van der Waals surface area (Å²) in [6.07, 6.45) is 4.70. The van der Waals surface area contributed by atoms with Crippen LogP contribution in [0.3, 0.4) is 0 Å². The van der Waals surface area contributed by atoms with Crippen molar-refractivity contribution in [2.24, 2.45) is 4.99 Å². The van der Waals surface area contributed by atoms with Crippen molar-refractivity contribution in [3.8, 4) is 0 Å². The predicted molar refractivity (Wildman–Crippen MR) is 98.5 cm³/mol. The molecule has 2 fully saturated rings. The van der Waals surface area contributed by atoms with E-state index in [2.05, 4.69) is 35.8 Å². The van der Waals surface area contributed by atoms with Crippen molar-refractivity contribution >= 4 is 17.7 Å². The first kappa shape index (κ1) is 18.9. The van der Waals surface area contributed by atoms with E-state index in [1.54, 1.807) is 0 Å². The maximum atomic E-state index is 5.92. The van der Waals surface area contributed by atoms with E-state index < -0.39 is 0 Å². The zero-order chi connectivity index (χ0) is 16.3. The van der Waals surface area contributed by atoms with Gasteiger partial charge in [-0.3, -0.25) is 4.99 Å². The van der Waals surface area contributed by atoms with E-state index >= 15 is 0 Å². The molecule has 6 heteroatoms. The molecule has 0 spiro atoms. The number of rotatable bonds is 7. The van der Waals surface area contributed by atoms with Crippen molar-refractivity contribution in [3.63, 3.8) is 0 Å². The van der Waals surface area contributed by atoms with Crippen LogP contribution in [0.15, 0.2) is 4.99 Å². The minimum atomic E-state index is 0.394. The summed E-state index contributed by atoms with van der Waals surface area (Å²) in [6.45, 7) is 10.9. The molecule has 2 aliphatic rings. The van der Waals surface area contributed by atoms with Gasteiger partial charge in [0.05, 0.1) is 6.10 Å². The third-order valence-electron chi connectivity index (χ3n) is 4.31. The van der Waals surface area contributed by atoms with Gasteiger partial charge in [0.1, 0.15) is 0 Å². The van der Waals surface area contributed by atoms with E-state index in [1.807, 2.05) is 0 Å². The zero-order valence-electron chi connectivity index (χ0n) is 14.8. The van der Waals surface area contributed by atoms with Crippen LogP contribution in [0.1, 0.15) is 39.5 Å². The second-order valence-electron chi connectivity index (χ2n) is 6.12. The lowest BCUT2D eigenvalue weighted by atomic mass is 10.1. The highest BCUT2D eigenvalue weighted by molar-refractivity contribution is 8.00. The summed E-state index contributed by atoms with van der Waals surface area (Å²) in [5.41, 5.74) is 0. The van der Waals surface area contributed by atoms with Gasteiger partial charge in [0.25, 0.3) is 0 Å². The van der Waals surface area contributed by atoms with Crippen LogP contribution in [-0.2, 0) is 9.47 Å². The highest BCUT2D eigenvalue weighted by atomic mass is 32.2. The van der Waals surface area contributed by atoms with Gasteiger partial charge in [0.15, 0.2) is 5.96 Å². The first-order chi connectivity index (χ1) is 11.3. The average Bonchev–Trinajstić information content (AvgIpc) is 2.61. The molecule has 2 rings (SSSR count). The van der Waals surface area contributed by atoms with Crippen molar-refractivity contribution in [1.29, 1.82) is 0 Å². The maximum Gasteiger partial charge on any atom is 0.193 e. The molecule has 134 valence electrons. The highest BCUT2D eigenvalue weighted by Gasteiger charge is 2.21. The second-order valence-corrected chi connectivity index (χ2v) is 7.53. The first-order valence-electron chi connectivity index (χ1n) is 9.17. The molecule has 1 atom stereocenters. The number of hydrogen-bond donors (Lipinski definition) is 1. The molecule has 2 aliphatic heterocycles. The first-order valence-corrected chi connectivity index (χ1v) is 10.2. The molecule has 1 N–H and O–H groups in total. The van der Waals surface area contributed by atoms with Gasteiger partial charge >= 0.3 is 0 Å². The topological polar surface area (TPSA) is 46.1 Å². The number of nitrogens with zero attached hydrogens (tertiary/aromatic N) is 2. The molecule has 0 bridgehead atoms. The molecule has 0 aromatic rings. The van der Waals surface area contributed by atoms with Crippen molar-refractivity contribution in [3.05, 3.63) is 0 Å². The number of thioether (sulfide) groups is 1. The van der Waals surface area contributed by atoms with Gasteiger partial charge in [-0.2, -0.15) is 11.8 Å². The van der Waals surface area contributed by atoms with E-state index in [0.29, 0.717) is 6.10 Å². The summed E-state index contributed by atoms with van der Waals surface area (Å²) in [4.78, 5) is 7.23. The number of nitrogens with one attached hydrogen (secondary N) is 1. The Morgan fingerprint density at radius 1 is 1.35 bits per heavy atom. The van der Waals surface area contributed by atoms with Gasteiger partial charge in [0, 0.05) is 57.0 Å². The number of hydrogen-bond acceptors (Lipinski definition) is 4. The summed E-state index contributed by atoms with van der Waals surface area (Å²) in [5, 5.41) is 4.19. The van der Waals surface area contributed by atoms with Gasteiger partial charge in [-0.25, -0.2) is 0 Å². The monoisotopic (exact) mass is 343 g/mol. The van der Waals surface area contributed by atoms with E-state index in [-0.39, 0.29) is 0 Å². The lowest BCUT2D eigenvalue weighted by molar-refractivity contribution is -0.0318. The van der Waals surface area contributed by atoms with E-state index in [1.165, 1.54) is 12.2 Å². The van der Waals surface area contributed by atoms with Crippen molar-refractivity contribution < 1.29 is 9.47 Å². The molecule has 0 aliphatic carbocycles. The fourth-order valence-corrected chi connectivity index (χ4v) is 4.11. The van der Waals surface area contributed by atoms with Gasteiger partial charge in [-0.05, 0) is 32.6 Å². The predicted octanol–water partition coefficient (Wildman–Crippen LogP) is 2.37. The zero-order valence-corrected chi connectivity index (χ0v) is 15.6. The molecule has 23 heavy (non-hydrogen) atoms. The highest BCUT2D eigenvalue weighted by Crippen LogP contribution is 2.21. The minimum absolute atomic E-state index is 0.394. The SMILES string of the molecule is CCNC(=NCCCOC1CCOCC1)N1CCSC(CC)C1. The normalized spacial score (nSPS) is 24.0. The van der Waals surface area contributed by atoms with Crippen LogP contribution in [-0.4, -0.2) is 74.0 Å². The Hall–Kier alpha value is -0.460. The largest absolute Gasteiger partial charge is 0.381 e. The van der Waals surface area contributed by atoms with Crippen LogP contribution in [0.5, 0.6) is 0 Å². The standard InChI is InChI=1S/C17H33N3O2S/c1-3-16-14-20(9-13-23-16)17(18-4-2)19-8-5-10-22-15-6-11-21-12-7-15/h15-16H,3-14H2,1-2H3,(H,18,19). The third-order valence-corrected chi connectivity index (χ3v) is 5.69. The Kier molecular flexibility index (Phi) is 9.15. The van der Waals surface area contributed by atoms with Gasteiger partial charge in [0.2, 0.25) is 0 Å². The number of ether oxygens (including phenoxy) is 2. The van der Waals surface area contributed by atoms with E-state index in [0.717, 1.165) is 76.5 Å². The van der Waals surface area contributed by atoms with Crippen LogP contribution in [0.2, 0.25) is 0 Å². The summed E-state index contributed by atoms with van der Waals surface area (Å²) < 4.78 is 11.3. The molecule has 0 saturated carbocycles. The molecule has 1 unspecified atom stereocenters. The summed E-state index contributed by atoms with van der Waals surface area (Å²) in [5.74, 6) is 2.28. The molecule has 0 aromatic heterocycles. The lowest BCUT2D eigenvalue weighted by Crippen LogP contribution is -2.48. The van der Waals surface area contributed by atoms with Crippen molar-refractivity contribution in [2.45, 2.75) is 50.9 Å². The summed E-state index contributed by atoms with van der Waals surface area (Å²) >= 11 is 2.10. The van der Waals surface area contributed by atoms with Crippen molar-refractivity contribution in [2.75, 3.05) is 51.8 Å². The average molecular weight is 344 g/mol. The Balaban J connectivity index is 1.70. The van der Waals surface area contributed by atoms with Crippen LogP contribution in [0.25, 0.3) is 0 Å². The van der Waals surface area contributed by atoms with Gasteiger partial charge in [-0.15, -0.1) is 0 Å². The fraction of sp³-hybridized carbons (Fsp3) is 0.941. The van der Waals surface area contributed by atoms with Crippen LogP contribution < -0.4 is 5.32 Å². The maximum absolute atomic E-state index is 5.92. The second kappa shape index (κ2) is 11.2. The number of guanidine groups is 1. The van der Waals surface area contributed by atoms with Crippen LogP contribution in [0.4, 0.5) is 0 Å². The Morgan fingerprint density at radius 3 is 2.91 bits per heavy atom. The van der Waals surface area contributed by atoms with Crippen molar-refractivity contribution in [1.82, 2.24) is 10.2 Å². The molecular formula is C17H33N3O2S. The molecule has 5 nitrogen and oxygen atoms in total.